The monoisotopic (exact) mass is 214 g/mol. The lowest BCUT2D eigenvalue weighted by Gasteiger charge is -2.40. The Labute approximate surface area is 91.8 Å². The molecule has 4 heteroatoms. The van der Waals surface area contributed by atoms with Gasteiger partial charge in [-0.1, -0.05) is 6.92 Å². The molecule has 1 aliphatic rings. The van der Waals surface area contributed by atoms with E-state index in [1.54, 1.807) is 0 Å². The van der Waals surface area contributed by atoms with Gasteiger partial charge in [-0.2, -0.15) is 0 Å². The first-order valence-electron chi connectivity index (χ1n) is 5.73. The third-order valence-electron chi connectivity index (χ3n) is 2.83. The van der Waals surface area contributed by atoms with E-state index in [1.165, 1.54) is 0 Å². The van der Waals surface area contributed by atoms with Crippen LogP contribution in [0.3, 0.4) is 0 Å². The van der Waals surface area contributed by atoms with Crippen molar-refractivity contribution in [2.45, 2.75) is 38.7 Å². The van der Waals surface area contributed by atoms with E-state index in [-0.39, 0.29) is 18.1 Å². The summed E-state index contributed by atoms with van der Waals surface area (Å²) >= 11 is 0. The van der Waals surface area contributed by atoms with E-state index in [1.807, 2.05) is 4.90 Å². The molecule has 4 nitrogen and oxygen atoms in total. The van der Waals surface area contributed by atoms with Crippen LogP contribution in [0.4, 0.5) is 0 Å². The summed E-state index contributed by atoms with van der Waals surface area (Å²) in [5.41, 5.74) is 5.30. The fraction of sp³-hybridized carbons (Fsp3) is 0.909. The fourth-order valence-corrected chi connectivity index (χ4v) is 1.97. The van der Waals surface area contributed by atoms with Crippen molar-refractivity contribution in [3.8, 4) is 0 Å². The quantitative estimate of drug-likeness (QED) is 0.735. The zero-order valence-corrected chi connectivity index (χ0v) is 9.79. The molecule has 0 aliphatic carbocycles. The smallest absolute Gasteiger partial charge is 0.248 e. The molecule has 1 rings (SSSR count). The molecule has 0 radical (unpaired) electrons. The molecule has 1 aliphatic heterocycles. The molecule has 1 unspecified atom stereocenters. The topological polar surface area (TPSA) is 55.6 Å². The van der Waals surface area contributed by atoms with Crippen LogP contribution in [-0.4, -0.2) is 42.6 Å². The number of carbonyl (C=O) groups is 1. The molecule has 1 fully saturated rings. The average molecular weight is 214 g/mol. The van der Waals surface area contributed by atoms with Gasteiger partial charge < -0.3 is 15.4 Å². The van der Waals surface area contributed by atoms with Crippen LogP contribution in [0.2, 0.25) is 0 Å². The Morgan fingerprint density at radius 1 is 1.60 bits per heavy atom. The zero-order chi connectivity index (χ0) is 11.3. The maximum Gasteiger partial charge on any atom is 0.248 e. The molecule has 1 atom stereocenters. The summed E-state index contributed by atoms with van der Waals surface area (Å²) in [5, 5.41) is 0. The standard InChI is InChI=1S/C11H22N2O2/c1-3-7-13-9-11(2,5-4-6-12)15-8-10(13)14/h3-9,12H2,1-2H3. The summed E-state index contributed by atoms with van der Waals surface area (Å²) in [4.78, 5) is 13.4. The van der Waals surface area contributed by atoms with Gasteiger partial charge in [0.1, 0.15) is 6.61 Å². The van der Waals surface area contributed by atoms with Gasteiger partial charge >= 0.3 is 0 Å². The third-order valence-corrected chi connectivity index (χ3v) is 2.83. The Morgan fingerprint density at radius 3 is 2.93 bits per heavy atom. The van der Waals surface area contributed by atoms with E-state index in [9.17, 15) is 4.79 Å². The molecule has 1 saturated heterocycles. The highest BCUT2D eigenvalue weighted by molar-refractivity contribution is 5.78. The van der Waals surface area contributed by atoms with E-state index in [0.717, 1.165) is 25.8 Å². The lowest BCUT2D eigenvalue weighted by atomic mass is 9.97. The Hall–Kier alpha value is -0.610. The number of carbonyl (C=O) groups excluding carboxylic acids is 1. The van der Waals surface area contributed by atoms with Gasteiger partial charge in [0.25, 0.3) is 0 Å². The molecule has 2 N–H and O–H groups in total. The van der Waals surface area contributed by atoms with Crippen molar-refractivity contribution < 1.29 is 9.53 Å². The van der Waals surface area contributed by atoms with Gasteiger partial charge in [0, 0.05) is 13.1 Å². The van der Waals surface area contributed by atoms with Crippen LogP contribution in [0.25, 0.3) is 0 Å². The van der Waals surface area contributed by atoms with E-state index >= 15 is 0 Å². The molecule has 0 aromatic heterocycles. The van der Waals surface area contributed by atoms with Gasteiger partial charge in [0.05, 0.1) is 5.60 Å². The van der Waals surface area contributed by atoms with E-state index in [2.05, 4.69) is 13.8 Å². The molecular weight excluding hydrogens is 192 g/mol. The highest BCUT2D eigenvalue weighted by atomic mass is 16.5. The summed E-state index contributed by atoms with van der Waals surface area (Å²) < 4.78 is 5.61. The number of ether oxygens (including phenoxy) is 1. The van der Waals surface area contributed by atoms with Gasteiger partial charge in [-0.05, 0) is 32.7 Å². The summed E-state index contributed by atoms with van der Waals surface area (Å²) in [6.07, 6.45) is 2.88. The molecule has 88 valence electrons. The third kappa shape index (κ3) is 3.47. The summed E-state index contributed by atoms with van der Waals surface area (Å²) in [6.45, 7) is 6.60. The number of hydrogen-bond acceptors (Lipinski definition) is 3. The van der Waals surface area contributed by atoms with Crippen LogP contribution in [0.15, 0.2) is 0 Å². The number of hydrogen-bond donors (Lipinski definition) is 1. The molecule has 1 amide bonds. The highest BCUT2D eigenvalue weighted by Crippen LogP contribution is 2.23. The number of amides is 1. The van der Waals surface area contributed by atoms with Gasteiger partial charge in [0.15, 0.2) is 0 Å². The maximum absolute atomic E-state index is 11.5. The number of rotatable bonds is 5. The van der Waals surface area contributed by atoms with Crippen molar-refractivity contribution in [3.05, 3.63) is 0 Å². The van der Waals surface area contributed by atoms with Crippen LogP contribution in [0.1, 0.15) is 33.1 Å². The van der Waals surface area contributed by atoms with Crippen molar-refractivity contribution in [2.24, 2.45) is 5.73 Å². The Morgan fingerprint density at radius 2 is 2.33 bits per heavy atom. The van der Waals surface area contributed by atoms with E-state index in [4.69, 9.17) is 10.5 Å². The lowest BCUT2D eigenvalue weighted by molar-refractivity contribution is -0.162. The van der Waals surface area contributed by atoms with Crippen molar-refractivity contribution in [1.29, 1.82) is 0 Å². The second kappa shape index (κ2) is 5.47. The molecule has 0 bridgehead atoms. The number of morpholine rings is 1. The molecule has 15 heavy (non-hydrogen) atoms. The van der Waals surface area contributed by atoms with Crippen molar-refractivity contribution >= 4 is 5.91 Å². The number of nitrogens with zero attached hydrogens (tertiary/aromatic N) is 1. The normalized spacial score (nSPS) is 27.1. The van der Waals surface area contributed by atoms with Crippen LogP contribution in [0, 0.1) is 0 Å². The predicted octanol–water partition coefficient (Wildman–Crippen LogP) is 0.753. The molecule has 0 saturated carbocycles. The lowest BCUT2D eigenvalue weighted by Crippen LogP contribution is -2.53. The van der Waals surface area contributed by atoms with Gasteiger partial charge in [-0.15, -0.1) is 0 Å². The Kier molecular flexibility index (Phi) is 4.54. The second-order valence-corrected chi connectivity index (χ2v) is 4.45. The first-order chi connectivity index (χ1) is 7.11. The van der Waals surface area contributed by atoms with E-state index < -0.39 is 0 Å². The summed E-state index contributed by atoms with van der Waals surface area (Å²) in [5.74, 6) is 0.113. The summed E-state index contributed by atoms with van der Waals surface area (Å²) in [7, 11) is 0. The highest BCUT2D eigenvalue weighted by Gasteiger charge is 2.34. The van der Waals surface area contributed by atoms with Crippen molar-refractivity contribution in [3.63, 3.8) is 0 Å². The average Bonchev–Trinajstić information content (AvgIpc) is 2.22. The van der Waals surface area contributed by atoms with E-state index in [0.29, 0.717) is 13.1 Å². The molecule has 0 aromatic rings. The van der Waals surface area contributed by atoms with Gasteiger partial charge in [-0.25, -0.2) is 0 Å². The molecule has 0 spiro atoms. The van der Waals surface area contributed by atoms with Crippen LogP contribution >= 0.6 is 0 Å². The second-order valence-electron chi connectivity index (χ2n) is 4.45. The van der Waals surface area contributed by atoms with Crippen LogP contribution in [0.5, 0.6) is 0 Å². The molecule has 1 heterocycles. The first-order valence-corrected chi connectivity index (χ1v) is 5.73. The minimum Gasteiger partial charge on any atom is -0.364 e. The maximum atomic E-state index is 11.5. The zero-order valence-electron chi connectivity index (χ0n) is 9.79. The Balaban J connectivity index is 2.51. The SMILES string of the molecule is CCCN1CC(C)(CCCN)OCC1=O. The molecular formula is C11H22N2O2. The van der Waals surface area contributed by atoms with Gasteiger partial charge in [0.2, 0.25) is 5.91 Å². The fourth-order valence-electron chi connectivity index (χ4n) is 1.97. The number of nitrogens with two attached hydrogens (primary N) is 1. The minimum atomic E-state index is -0.192. The Bertz CT molecular complexity index is 221. The predicted molar refractivity (Wildman–Crippen MR) is 59.5 cm³/mol. The van der Waals surface area contributed by atoms with Gasteiger partial charge in [-0.3, -0.25) is 4.79 Å². The van der Waals surface area contributed by atoms with Crippen LogP contribution < -0.4 is 5.73 Å². The van der Waals surface area contributed by atoms with Crippen molar-refractivity contribution in [2.75, 3.05) is 26.2 Å². The first kappa shape index (κ1) is 12.5. The van der Waals surface area contributed by atoms with Crippen molar-refractivity contribution in [1.82, 2.24) is 4.90 Å². The minimum absolute atomic E-state index is 0.113. The van der Waals surface area contributed by atoms with Crippen LogP contribution in [-0.2, 0) is 9.53 Å². The molecule has 0 aromatic carbocycles. The summed E-state index contributed by atoms with van der Waals surface area (Å²) in [6, 6.07) is 0. The largest absolute Gasteiger partial charge is 0.364 e.